The van der Waals surface area contributed by atoms with Crippen LogP contribution in [0.25, 0.3) is 0 Å². The summed E-state index contributed by atoms with van der Waals surface area (Å²) in [6.45, 7) is 11.5. The second-order valence-corrected chi connectivity index (χ2v) is 7.86. The van der Waals surface area contributed by atoms with Crippen molar-refractivity contribution in [2.75, 3.05) is 19.6 Å². The predicted molar refractivity (Wildman–Crippen MR) is 80.2 cm³/mol. The smallest absolute Gasteiger partial charge is 0.107 e. The van der Waals surface area contributed by atoms with Gasteiger partial charge in [0.05, 0.1) is 17.3 Å². The number of ether oxygens (including phenoxy) is 1. The van der Waals surface area contributed by atoms with Crippen LogP contribution >= 0.6 is 0 Å². The minimum absolute atomic E-state index is 0.105. The molecular weight excluding hydrogens is 250 g/mol. The lowest BCUT2D eigenvalue weighted by Crippen LogP contribution is -2.57. The Morgan fingerprint density at radius 3 is 2.40 bits per heavy atom. The molecule has 1 aliphatic carbocycles. The average molecular weight is 279 g/mol. The van der Waals surface area contributed by atoms with Crippen molar-refractivity contribution < 1.29 is 4.74 Å². The summed E-state index contributed by atoms with van der Waals surface area (Å²) in [4.78, 5) is 2.47. The SMILES string of the molecule is CC1(C)CN(CCC2CCCC2(N)C#N)CC(C)(C)O1. The maximum Gasteiger partial charge on any atom is 0.107 e. The molecule has 1 heterocycles. The van der Waals surface area contributed by atoms with Crippen LogP contribution in [0.1, 0.15) is 53.4 Å². The fourth-order valence-corrected chi connectivity index (χ4v) is 4.09. The van der Waals surface area contributed by atoms with Crippen molar-refractivity contribution in [3.63, 3.8) is 0 Å². The summed E-state index contributed by atoms with van der Waals surface area (Å²) in [5, 5.41) is 9.29. The largest absolute Gasteiger partial charge is 0.367 e. The topological polar surface area (TPSA) is 62.3 Å². The van der Waals surface area contributed by atoms with Gasteiger partial charge in [0.15, 0.2) is 0 Å². The molecule has 0 radical (unpaired) electrons. The van der Waals surface area contributed by atoms with E-state index in [-0.39, 0.29) is 11.2 Å². The summed E-state index contributed by atoms with van der Waals surface area (Å²) < 4.78 is 6.11. The van der Waals surface area contributed by atoms with Gasteiger partial charge >= 0.3 is 0 Å². The Morgan fingerprint density at radius 1 is 1.25 bits per heavy atom. The van der Waals surface area contributed by atoms with Crippen molar-refractivity contribution in [2.45, 2.75) is 70.1 Å². The predicted octanol–water partition coefficient (Wildman–Crippen LogP) is 2.29. The maximum absolute atomic E-state index is 9.29. The number of rotatable bonds is 3. The van der Waals surface area contributed by atoms with Gasteiger partial charge < -0.3 is 10.5 Å². The van der Waals surface area contributed by atoms with Gasteiger partial charge in [-0.05, 0) is 59.4 Å². The van der Waals surface area contributed by atoms with Crippen molar-refractivity contribution in [3.05, 3.63) is 0 Å². The van der Waals surface area contributed by atoms with Gasteiger partial charge in [0, 0.05) is 13.1 Å². The van der Waals surface area contributed by atoms with Crippen molar-refractivity contribution in [3.8, 4) is 6.07 Å². The van der Waals surface area contributed by atoms with E-state index in [0.717, 1.165) is 45.3 Å². The number of nitrogens with two attached hydrogens (primary N) is 1. The van der Waals surface area contributed by atoms with E-state index in [1.54, 1.807) is 0 Å². The maximum atomic E-state index is 9.29. The third-order valence-corrected chi connectivity index (χ3v) is 4.63. The van der Waals surface area contributed by atoms with Crippen LogP contribution in [0, 0.1) is 17.2 Å². The molecule has 1 aliphatic heterocycles. The highest BCUT2D eigenvalue weighted by Crippen LogP contribution is 2.36. The molecule has 2 aliphatic rings. The number of hydrogen-bond donors (Lipinski definition) is 1. The van der Waals surface area contributed by atoms with E-state index in [1.807, 2.05) is 0 Å². The molecule has 0 aromatic rings. The summed E-state index contributed by atoms with van der Waals surface area (Å²) in [5.41, 5.74) is 5.43. The van der Waals surface area contributed by atoms with Crippen molar-refractivity contribution in [1.82, 2.24) is 4.90 Å². The van der Waals surface area contributed by atoms with Crippen molar-refractivity contribution in [2.24, 2.45) is 11.7 Å². The molecule has 1 saturated carbocycles. The Bertz CT molecular complexity index is 383. The quantitative estimate of drug-likeness (QED) is 0.861. The molecule has 114 valence electrons. The van der Waals surface area contributed by atoms with E-state index >= 15 is 0 Å². The molecule has 2 rings (SSSR count). The molecule has 20 heavy (non-hydrogen) atoms. The fourth-order valence-electron chi connectivity index (χ4n) is 4.09. The first kappa shape index (κ1) is 15.8. The van der Waals surface area contributed by atoms with Gasteiger partial charge in [-0.2, -0.15) is 5.26 Å². The van der Waals surface area contributed by atoms with Gasteiger partial charge in [-0.1, -0.05) is 6.42 Å². The van der Waals surface area contributed by atoms with Gasteiger partial charge in [0.1, 0.15) is 5.54 Å². The molecule has 4 heteroatoms. The first-order valence-electron chi connectivity index (χ1n) is 7.79. The average Bonchev–Trinajstić information content (AvgIpc) is 2.65. The highest BCUT2D eigenvalue weighted by Gasteiger charge is 2.41. The van der Waals surface area contributed by atoms with E-state index < -0.39 is 5.54 Å². The lowest BCUT2D eigenvalue weighted by atomic mass is 9.86. The molecule has 1 saturated heterocycles. The van der Waals surface area contributed by atoms with E-state index in [1.165, 1.54) is 0 Å². The molecule has 0 amide bonds. The van der Waals surface area contributed by atoms with Gasteiger partial charge in [0.2, 0.25) is 0 Å². The fraction of sp³-hybridized carbons (Fsp3) is 0.938. The van der Waals surface area contributed by atoms with Crippen LogP contribution in [0.4, 0.5) is 0 Å². The van der Waals surface area contributed by atoms with Crippen LogP contribution in [0.3, 0.4) is 0 Å². The number of morpholine rings is 1. The van der Waals surface area contributed by atoms with Crippen LogP contribution in [0.15, 0.2) is 0 Å². The molecule has 2 N–H and O–H groups in total. The zero-order valence-electron chi connectivity index (χ0n) is 13.4. The number of hydrogen-bond acceptors (Lipinski definition) is 4. The van der Waals surface area contributed by atoms with Crippen molar-refractivity contribution >= 4 is 0 Å². The van der Waals surface area contributed by atoms with Gasteiger partial charge in [-0.25, -0.2) is 0 Å². The minimum atomic E-state index is -0.586. The van der Waals surface area contributed by atoms with Crippen LogP contribution in [-0.4, -0.2) is 41.3 Å². The zero-order chi connectivity index (χ0) is 15.0. The van der Waals surface area contributed by atoms with Crippen LogP contribution in [0.2, 0.25) is 0 Å². The van der Waals surface area contributed by atoms with E-state index in [9.17, 15) is 5.26 Å². The van der Waals surface area contributed by atoms with Gasteiger partial charge in [0.25, 0.3) is 0 Å². The Labute approximate surface area is 123 Å². The monoisotopic (exact) mass is 279 g/mol. The Hall–Kier alpha value is -0.630. The standard InChI is InChI=1S/C16H29N3O/c1-14(2)11-19(12-15(3,4)20-14)9-7-13-6-5-8-16(13,18)10-17/h13H,5-9,11-12,18H2,1-4H3. The summed E-state index contributed by atoms with van der Waals surface area (Å²) in [6, 6.07) is 2.35. The van der Waals surface area contributed by atoms with E-state index in [4.69, 9.17) is 10.5 Å². The number of nitrogens with zero attached hydrogens (tertiary/aromatic N) is 2. The van der Waals surface area contributed by atoms with Gasteiger partial charge in [-0.3, -0.25) is 4.90 Å². The van der Waals surface area contributed by atoms with E-state index in [0.29, 0.717) is 5.92 Å². The second kappa shape index (κ2) is 5.29. The Balaban J connectivity index is 1.93. The summed E-state index contributed by atoms with van der Waals surface area (Å²) in [7, 11) is 0. The first-order valence-corrected chi connectivity index (χ1v) is 7.79. The molecule has 4 nitrogen and oxygen atoms in total. The molecule has 0 aromatic carbocycles. The molecule has 2 fully saturated rings. The van der Waals surface area contributed by atoms with Crippen LogP contribution < -0.4 is 5.73 Å². The summed E-state index contributed by atoms with van der Waals surface area (Å²) in [6.07, 6.45) is 4.07. The normalized spacial score (nSPS) is 36.7. The minimum Gasteiger partial charge on any atom is -0.367 e. The Kier molecular flexibility index (Phi) is 4.17. The second-order valence-electron chi connectivity index (χ2n) is 7.86. The third-order valence-electron chi connectivity index (χ3n) is 4.63. The third kappa shape index (κ3) is 3.52. The summed E-state index contributed by atoms with van der Waals surface area (Å²) >= 11 is 0. The lowest BCUT2D eigenvalue weighted by molar-refractivity contribution is -0.180. The molecule has 2 unspecified atom stereocenters. The lowest BCUT2D eigenvalue weighted by Gasteiger charge is -2.47. The highest BCUT2D eigenvalue weighted by atomic mass is 16.5. The zero-order valence-corrected chi connectivity index (χ0v) is 13.4. The molecule has 0 aromatic heterocycles. The summed E-state index contributed by atoms with van der Waals surface area (Å²) in [5.74, 6) is 0.349. The first-order chi connectivity index (χ1) is 9.16. The molecule has 0 bridgehead atoms. The van der Waals surface area contributed by atoms with Crippen molar-refractivity contribution in [1.29, 1.82) is 5.26 Å². The highest BCUT2D eigenvalue weighted by molar-refractivity contribution is 5.12. The van der Waals surface area contributed by atoms with Gasteiger partial charge in [-0.15, -0.1) is 0 Å². The molecule has 2 atom stereocenters. The van der Waals surface area contributed by atoms with Crippen LogP contribution in [0.5, 0.6) is 0 Å². The number of nitriles is 1. The molecule has 0 spiro atoms. The van der Waals surface area contributed by atoms with E-state index in [2.05, 4.69) is 38.7 Å². The Morgan fingerprint density at radius 2 is 1.85 bits per heavy atom. The molecular formula is C16H29N3O. The van der Waals surface area contributed by atoms with Crippen LogP contribution in [-0.2, 0) is 4.74 Å².